The zero-order valence-corrected chi connectivity index (χ0v) is 19.2. The fraction of sp³-hybridized carbons (Fsp3) is 0.269. The van der Waals surface area contributed by atoms with Crippen molar-refractivity contribution >= 4 is 50.1 Å². The number of benzene rings is 2. The maximum absolute atomic E-state index is 13.4. The molecule has 5 atom stereocenters. The lowest BCUT2D eigenvalue weighted by molar-refractivity contribution is -0.144. The Kier molecular flexibility index (Phi) is 4.76. The van der Waals surface area contributed by atoms with Crippen LogP contribution in [0.15, 0.2) is 75.8 Å². The normalized spacial score (nSPS) is 26.3. The number of imide groups is 1. The van der Waals surface area contributed by atoms with Crippen molar-refractivity contribution in [3.63, 3.8) is 0 Å². The number of amides is 3. The van der Waals surface area contributed by atoms with Crippen molar-refractivity contribution in [2.24, 2.45) is 23.7 Å². The third-order valence-electron chi connectivity index (χ3n) is 7.18. The Morgan fingerprint density at radius 2 is 1.70 bits per heavy atom. The largest absolute Gasteiger partial charge is 0.452 e. The van der Waals surface area contributed by atoms with E-state index in [4.69, 9.17) is 4.42 Å². The second kappa shape index (κ2) is 7.70. The summed E-state index contributed by atoms with van der Waals surface area (Å²) < 4.78 is 6.23. The Hall–Kier alpha value is -3.19. The van der Waals surface area contributed by atoms with Crippen molar-refractivity contribution < 1.29 is 18.8 Å². The van der Waals surface area contributed by atoms with E-state index in [0.717, 1.165) is 17.2 Å². The van der Waals surface area contributed by atoms with Crippen LogP contribution in [0, 0.1) is 23.7 Å². The zero-order chi connectivity index (χ0) is 22.7. The highest BCUT2D eigenvalue weighted by atomic mass is 79.9. The first-order chi connectivity index (χ1) is 16.0. The number of carbonyl (C=O) groups excluding carboxylic acids is 3. The maximum Gasteiger partial charge on any atom is 0.234 e. The number of fused-ring (bicyclic) bond motifs is 6. The molecule has 33 heavy (non-hydrogen) atoms. The van der Waals surface area contributed by atoms with Crippen LogP contribution in [0.25, 0.3) is 10.8 Å². The summed E-state index contributed by atoms with van der Waals surface area (Å²) >= 11 is 3.30. The number of nitrogens with one attached hydrogen (secondary N) is 1. The first kappa shape index (κ1) is 20.4. The number of hydrogen-bond donors (Lipinski definition) is 1. The number of rotatable bonds is 5. The van der Waals surface area contributed by atoms with Crippen LogP contribution in [0.4, 0.5) is 5.69 Å². The maximum atomic E-state index is 13.4. The smallest absolute Gasteiger partial charge is 0.234 e. The molecule has 3 aromatic rings. The number of likely N-dealkylation sites (tertiary alicyclic amines) is 1. The van der Waals surface area contributed by atoms with E-state index >= 15 is 0 Å². The van der Waals surface area contributed by atoms with Gasteiger partial charge in [0.1, 0.15) is 11.8 Å². The average Bonchev–Trinajstić information content (AvgIpc) is 3.58. The predicted octanol–water partition coefficient (Wildman–Crippen LogP) is 5.07. The molecule has 6 nitrogen and oxygen atoms in total. The summed E-state index contributed by atoms with van der Waals surface area (Å²) in [6, 6.07) is 16.1. The van der Waals surface area contributed by atoms with Crippen LogP contribution in [-0.4, -0.2) is 22.6 Å². The minimum atomic E-state index is -0.795. The van der Waals surface area contributed by atoms with E-state index in [0.29, 0.717) is 16.1 Å². The highest BCUT2D eigenvalue weighted by molar-refractivity contribution is 9.10. The van der Waals surface area contributed by atoms with Crippen LogP contribution in [0.3, 0.4) is 0 Å². The van der Waals surface area contributed by atoms with Gasteiger partial charge in [0.15, 0.2) is 4.67 Å². The summed E-state index contributed by atoms with van der Waals surface area (Å²) in [5.74, 6) is -0.705. The highest BCUT2D eigenvalue weighted by Crippen LogP contribution is 2.54. The highest BCUT2D eigenvalue weighted by Gasteiger charge is 2.60. The molecule has 0 spiro atoms. The molecule has 2 aromatic carbocycles. The van der Waals surface area contributed by atoms with Crippen LogP contribution in [0.2, 0.25) is 0 Å². The number of nitrogens with zero attached hydrogens (tertiary/aromatic N) is 1. The van der Waals surface area contributed by atoms with Gasteiger partial charge in [-0.25, -0.2) is 0 Å². The summed E-state index contributed by atoms with van der Waals surface area (Å²) in [6.07, 6.45) is 4.90. The summed E-state index contributed by atoms with van der Waals surface area (Å²) in [5.41, 5.74) is 0.690. The first-order valence-corrected chi connectivity index (χ1v) is 11.9. The van der Waals surface area contributed by atoms with Crippen LogP contribution in [-0.2, 0) is 14.4 Å². The Morgan fingerprint density at radius 1 is 1.00 bits per heavy atom. The van der Waals surface area contributed by atoms with Crippen LogP contribution in [0.5, 0.6) is 0 Å². The molecule has 1 saturated carbocycles. The van der Waals surface area contributed by atoms with Crippen molar-refractivity contribution in [3.05, 3.63) is 77.2 Å². The lowest BCUT2D eigenvalue weighted by Gasteiger charge is -2.26. The van der Waals surface area contributed by atoms with Gasteiger partial charge in [0.05, 0.1) is 18.3 Å². The summed E-state index contributed by atoms with van der Waals surface area (Å²) in [5, 5.41) is 4.91. The van der Waals surface area contributed by atoms with Gasteiger partial charge < -0.3 is 9.73 Å². The van der Waals surface area contributed by atoms with Crippen molar-refractivity contribution in [1.29, 1.82) is 0 Å². The quantitative estimate of drug-likeness (QED) is 0.388. The van der Waals surface area contributed by atoms with Crippen LogP contribution >= 0.6 is 15.9 Å². The standard InChI is InChI=1S/C26H21BrN2O4/c27-21-11-10-20(33-21)19(29-25(31)23-15-8-9-16(12-15)24(23)26(29)32)13-22(30)28-18-7-3-5-14-4-1-2-6-17(14)18/h1-11,15-16,19,23-24H,12-13H2,(H,28,30). The Balaban J connectivity index is 1.30. The van der Waals surface area contributed by atoms with Gasteiger partial charge in [-0.1, -0.05) is 48.6 Å². The minimum Gasteiger partial charge on any atom is -0.452 e. The number of carbonyl (C=O) groups is 3. The molecule has 1 N–H and O–H groups in total. The van der Waals surface area contributed by atoms with Gasteiger partial charge in [-0.3, -0.25) is 19.3 Å². The number of anilines is 1. The molecule has 1 aromatic heterocycles. The van der Waals surface area contributed by atoms with Gasteiger partial charge in [0.2, 0.25) is 17.7 Å². The van der Waals surface area contributed by atoms with Gasteiger partial charge in [0.25, 0.3) is 0 Å². The minimum absolute atomic E-state index is 0.0805. The molecule has 0 radical (unpaired) electrons. The van der Waals surface area contributed by atoms with Crippen molar-refractivity contribution in [2.75, 3.05) is 5.32 Å². The van der Waals surface area contributed by atoms with Crippen LogP contribution in [0.1, 0.15) is 24.6 Å². The van der Waals surface area contributed by atoms with Gasteiger partial charge in [-0.2, -0.15) is 0 Å². The average molecular weight is 505 g/mol. The molecule has 1 aliphatic heterocycles. The third-order valence-corrected chi connectivity index (χ3v) is 7.61. The van der Waals surface area contributed by atoms with E-state index < -0.39 is 6.04 Å². The van der Waals surface area contributed by atoms with E-state index in [2.05, 4.69) is 33.4 Å². The van der Waals surface area contributed by atoms with Gasteiger partial charge in [-0.05, 0) is 57.8 Å². The van der Waals surface area contributed by atoms with Crippen molar-refractivity contribution in [1.82, 2.24) is 4.90 Å². The lowest BCUT2D eigenvalue weighted by Crippen LogP contribution is -2.38. The number of halogens is 1. The van der Waals surface area contributed by atoms with E-state index in [9.17, 15) is 14.4 Å². The number of furan rings is 1. The number of allylic oxidation sites excluding steroid dienone is 2. The van der Waals surface area contributed by atoms with E-state index in [1.54, 1.807) is 12.1 Å². The molecule has 6 rings (SSSR count). The monoisotopic (exact) mass is 504 g/mol. The molecule has 2 aliphatic carbocycles. The summed E-state index contributed by atoms with van der Waals surface area (Å²) in [6.45, 7) is 0. The zero-order valence-electron chi connectivity index (χ0n) is 17.6. The molecular formula is C26H21BrN2O4. The second-order valence-electron chi connectivity index (χ2n) is 8.98. The summed E-state index contributed by atoms with van der Waals surface area (Å²) in [7, 11) is 0. The fourth-order valence-corrected chi connectivity index (χ4v) is 6.09. The third kappa shape index (κ3) is 3.25. The fourth-order valence-electron chi connectivity index (χ4n) is 5.77. The second-order valence-corrected chi connectivity index (χ2v) is 9.76. The topological polar surface area (TPSA) is 79.6 Å². The molecular weight excluding hydrogens is 484 g/mol. The van der Waals surface area contributed by atoms with Crippen molar-refractivity contribution in [3.8, 4) is 0 Å². The van der Waals surface area contributed by atoms with Gasteiger partial charge in [-0.15, -0.1) is 0 Å². The van der Waals surface area contributed by atoms with E-state index in [1.807, 2.05) is 42.5 Å². The first-order valence-electron chi connectivity index (χ1n) is 11.1. The molecule has 1 saturated heterocycles. The molecule has 5 unspecified atom stereocenters. The molecule has 3 aliphatic rings. The SMILES string of the molecule is O=C(CC(c1ccc(Br)o1)N1C(=O)C2C3C=CC(C3)C2C1=O)Nc1cccc2ccccc12. The Morgan fingerprint density at radius 3 is 2.39 bits per heavy atom. The lowest BCUT2D eigenvalue weighted by atomic mass is 9.85. The van der Waals surface area contributed by atoms with Crippen molar-refractivity contribution in [2.45, 2.75) is 18.9 Å². The van der Waals surface area contributed by atoms with Crippen LogP contribution < -0.4 is 5.32 Å². The predicted molar refractivity (Wildman–Crippen MR) is 126 cm³/mol. The van der Waals surface area contributed by atoms with E-state index in [-0.39, 0.29) is 47.8 Å². The molecule has 2 fully saturated rings. The Bertz CT molecular complexity index is 1290. The molecule has 2 bridgehead atoms. The molecule has 3 amide bonds. The van der Waals surface area contributed by atoms with Gasteiger partial charge in [0, 0.05) is 11.1 Å². The summed E-state index contributed by atoms with van der Waals surface area (Å²) in [4.78, 5) is 41.3. The van der Waals surface area contributed by atoms with Gasteiger partial charge >= 0.3 is 0 Å². The molecule has 7 heteroatoms. The molecule has 2 heterocycles. The number of hydrogen-bond acceptors (Lipinski definition) is 4. The molecule has 166 valence electrons. The Labute approximate surface area is 198 Å². The van der Waals surface area contributed by atoms with E-state index in [1.165, 1.54) is 4.90 Å².